The van der Waals surface area contributed by atoms with Gasteiger partial charge >= 0.3 is 5.97 Å². The van der Waals surface area contributed by atoms with Crippen LogP contribution in [0.2, 0.25) is 0 Å². The van der Waals surface area contributed by atoms with Crippen molar-refractivity contribution in [3.63, 3.8) is 0 Å². The van der Waals surface area contributed by atoms with Crippen molar-refractivity contribution in [2.24, 2.45) is 41.4 Å². The fourth-order valence-electron chi connectivity index (χ4n) is 10.4. The Balaban J connectivity index is 1.73. The monoisotopic (exact) mass is 988 g/mol. The van der Waals surface area contributed by atoms with Crippen LogP contribution < -0.4 is 0 Å². The molecule has 0 spiro atoms. The molecule has 16 nitrogen and oxygen atoms in total. The number of carbonyl (C=O) groups is 5. The Labute approximate surface area is 415 Å². The molecule has 16 heteroatoms. The lowest BCUT2D eigenvalue weighted by molar-refractivity contribution is -0.266. The van der Waals surface area contributed by atoms with E-state index in [0.717, 1.165) is 10.5 Å². The van der Waals surface area contributed by atoms with E-state index in [2.05, 4.69) is 0 Å². The molecule has 2 saturated heterocycles. The molecule has 15 atom stereocenters. The number of fused-ring (bicyclic) bond motifs is 3. The predicted octanol–water partition coefficient (Wildman–Crippen LogP) is 5.15. The van der Waals surface area contributed by atoms with Gasteiger partial charge in [0.25, 0.3) is 11.7 Å². The SMILES string of the molecule is CO[C@@H]1C[C@H](C[C@@H](C)[C@@H]2CC(=O)[C@H](C)/C=C(\C)[C@@H](O)[C@@H](OC)C(=O)[C@H](C)C[C@H](C)/C=C/C=C/C=C(\C)C(OCC(CO)CO)C[C@@H]3CC[C@@H](C)[C@@](O)(O3)C(=O)C(=O)N3CCCC[C@H]3C(=O)O2)CC[C@H]1O. The van der Waals surface area contributed by atoms with Crippen LogP contribution in [0.3, 0.4) is 0 Å². The number of esters is 1. The second-order valence-electron chi connectivity index (χ2n) is 20.9. The lowest BCUT2D eigenvalue weighted by Crippen LogP contribution is -2.61. The van der Waals surface area contributed by atoms with Crippen LogP contribution >= 0.6 is 0 Å². The van der Waals surface area contributed by atoms with Gasteiger partial charge in [-0.25, -0.2) is 4.79 Å². The molecule has 1 unspecified atom stereocenters. The van der Waals surface area contributed by atoms with Crippen molar-refractivity contribution < 1.29 is 73.2 Å². The zero-order chi connectivity index (χ0) is 51.9. The molecule has 0 radical (unpaired) electrons. The number of carbonyl (C=O) groups excluding carboxylic acids is 5. The van der Waals surface area contributed by atoms with E-state index in [9.17, 15) is 49.5 Å². The summed E-state index contributed by atoms with van der Waals surface area (Å²) in [6.07, 6.45) is 9.89. The van der Waals surface area contributed by atoms with E-state index in [-0.39, 0.29) is 81.1 Å². The second-order valence-corrected chi connectivity index (χ2v) is 20.9. The molecule has 0 aromatic rings. The van der Waals surface area contributed by atoms with Crippen molar-refractivity contribution in [2.45, 2.75) is 180 Å². The van der Waals surface area contributed by atoms with Gasteiger partial charge in [-0.1, -0.05) is 71.1 Å². The summed E-state index contributed by atoms with van der Waals surface area (Å²) in [7, 11) is 2.92. The number of Topliss-reactive ketones (excluding diaryl/α,β-unsaturated/α-hetero) is 3. The average molecular weight is 988 g/mol. The number of hydrogen-bond donors (Lipinski definition) is 5. The summed E-state index contributed by atoms with van der Waals surface area (Å²) >= 11 is 0. The van der Waals surface area contributed by atoms with Crippen molar-refractivity contribution in [2.75, 3.05) is 40.6 Å². The molecule has 0 aromatic heterocycles. The van der Waals surface area contributed by atoms with Crippen molar-refractivity contribution >= 4 is 29.2 Å². The van der Waals surface area contributed by atoms with E-state index in [1.807, 2.05) is 51.2 Å². The molecule has 3 fully saturated rings. The molecule has 4 rings (SSSR count). The topological polar surface area (TPSA) is 236 Å². The standard InChI is InChI=1S/C54H85NO15/c1-32-15-11-10-12-16-33(2)45(68-31-40(29-56)30-57)27-41-20-18-38(7)54(65,70-41)51(62)52(63)55-22-14-13-17-42(55)53(64)69-46(35(4)25-39-19-21-43(58)47(26-39)66-8)28-44(59)34(3)24-37(6)49(61)50(67-9)48(60)36(5)23-32/h10-12,15-16,24,32,34-36,38-43,45-47,49-50,56-58,61,65H,13-14,17-23,25-31H2,1-9H3/b12-10+,15-11+,33-16+,37-24+/t32-,34-,35-,36-,38-,39+,41+,42+,43-,45?,46+,47-,49-,50+,54-/m1/s1. The Hall–Kier alpha value is -3.45. The number of cyclic esters (lactones) is 1. The predicted molar refractivity (Wildman–Crippen MR) is 262 cm³/mol. The molecule has 70 heavy (non-hydrogen) atoms. The maximum atomic E-state index is 14.4. The largest absolute Gasteiger partial charge is 0.460 e. The molecule has 396 valence electrons. The molecular formula is C54H85NO15. The van der Waals surface area contributed by atoms with Crippen LogP contribution in [0, 0.1) is 41.4 Å². The van der Waals surface area contributed by atoms with Crippen LogP contribution in [0.4, 0.5) is 0 Å². The number of allylic oxidation sites excluding steroid dienone is 6. The minimum atomic E-state index is -2.52. The zero-order valence-corrected chi connectivity index (χ0v) is 43.2. The zero-order valence-electron chi connectivity index (χ0n) is 43.2. The molecule has 4 aliphatic rings. The number of aliphatic hydroxyl groups excluding tert-OH is 4. The third-order valence-corrected chi connectivity index (χ3v) is 15.2. The van der Waals surface area contributed by atoms with Gasteiger partial charge < -0.3 is 54.1 Å². The first-order valence-corrected chi connectivity index (χ1v) is 25.7. The first-order chi connectivity index (χ1) is 33.2. The summed E-state index contributed by atoms with van der Waals surface area (Å²) < 4.78 is 29.9. The molecule has 1 amide bonds. The van der Waals surface area contributed by atoms with Crippen LogP contribution in [0.25, 0.3) is 0 Å². The fourth-order valence-corrected chi connectivity index (χ4v) is 10.4. The van der Waals surface area contributed by atoms with Gasteiger partial charge in [0, 0.05) is 57.3 Å². The number of ketones is 3. The van der Waals surface area contributed by atoms with Crippen molar-refractivity contribution in [1.82, 2.24) is 4.90 Å². The third kappa shape index (κ3) is 16.0. The normalized spacial score (nSPS) is 38.5. The van der Waals surface area contributed by atoms with Crippen molar-refractivity contribution in [3.05, 3.63) is 47.6 Å². The maximum Gasteiger partial charge on any atom is 0.329 e. The van der Waals surface area contributed by atoms with Gasteiger partial charge in [-0.2, -0.15) is 0 Å². The highest BCUT2D eigenvalue weighted by atomic mass is 16.6. The quantitative estimate of drug-likeness (QED) is 0.108. The van der Waals surface area contributed by atoms with E-state index >= 15 is 0 Å². The smallest absolute Gasteiger partial charge is 0.329 e. The number of aliphatic hydroxyl groups is 5. The molecule has 3 aliphatic heterocycles. The van der Waals surface area contributed by atoms with Crippen LogP contribution in [0.1, 0.15) is 126 Å². The Kier molecular flexibility index (Phi) is 23.7. The molecule has 1 saturated carbocycles. The maximum absolute atomic E-state index is 14.4. The van der Waals surface area contributed by atoms with E-state index in [1.165, 1.54) is 7.11 Å². The second kappa shape index (κ2) is 28.1. The minimum absolute atomic E-state index is 0.0147. The van der Waals surface area contributed by atoms with Gasteiger partial charge in [-0.05, 0) is 107 Å². The molecule has 0 aromatic carbocycles. The first kappa shape index (κ1) is 59.1. The number of rotatable bonds is 10. The summed E-state index contributed by atoms with van der Waals surface area (Å²) in [5.41, 5.74) is 1.12. The molecule has 2 bridgehead atoms. The first-order valence-electron chi connectivity index (χ1n) is 25.7. The summed E-state index contributed by atoms with van der Waals surface area (Å²) in [5, 5.41) is 53.6. The minimum Gasteiger partial charge on any atom is -0.460 e. The molecule has 5 N–H and O–H groups in total. The highest BCUT2D eigenvalue weighted by Gasteiger charge is 2.53. The van der Waals surface area contributed by atoms with Gasteiger partial charge in [0.15, 0.2) is 5.78 Å². The van der Waals surface area contributed by atoms with Crippen molar-refractivity contribution in [1.29, 1.82) is 0 Å². The lowest BCUT2D eigenvalue weighted by atomic mass is 9.78. The number of nitrogens with zero attached hydrogens (tertiary/aromatic N) is 1. The van der Waals surface area contributed by atoms with Crippen LogP contribution in [0.5, 0.6) is 0 Å². The number of piperidine rings is 1. The van der Waals surface area contributed by atoms with Gasteiger partial charge in [0.05, 0.1) is 44.2 Å². The summed E-state index contributed by atoms with van der Waals surface area (Å²) in [5.74, 6) is -9.02. The molecule has 1 aliphatic carbocycles. The Morgan fingerprint density at radius 2 is 1.57 bits per heavy atom. The molecular weight excluding hydrogens is 903 g/mol. The van der Waals surface area contributed by atoms with E-state index in [1.54, 1.807) is 40.9 Å². The van der Waals surface area contributed by atoms with E-state index < -0.39 is 89.8 Å². The third-order valence-electron chi connectivity index (χ3n) is 15.2. The van der Waals surface area contributed by atoms with Crippen molar-refractivity contribution in [3.8, 4) is 0 Å². The number of amides is 1. The summed E-state index contributed by atoms with van der Waals surface area (Å²) in [6.45, 7) is 11.9. The number of hydrogen-bond acceptors (Lipinski definition) is 15. The highest BCUT2D eigenvalue weighted by Crippen LogP contribution is 2.38. The highest BCUT2D eigenvalue weighted by molar-refractivity contribution is 6.39. The molecule has 3 heterocycles. The summed E-state index contributed by atoms with van der Waals surface area (Å²) in [6, 6.07) is -1.19. The van der Waals surface area contributed by atoms with Gasteiger partial charge in [-0.15, -0.1) is 0 Å². The average Bonchev–Trinajstić information content (AvgIpc) is 3.34. The van der Waals surface area contributed by atoms with E-state index in [0.29, 0.717) is 63.4 Å². The van der Waals surface area contributed by atoms with Gasteiger partial charge in [0.2, 0.25) is 5.79 Å². The Morgan fingerprint density at radius 3 is 2.24 bits per heavy atom. The van der Waals surface area contributed by atoms with Crippen LogP contribution in [-0.2, 0) is 47.7 Å². The number of methoxy groups -OCH3 is 2. The van der Waals surface area contributed by atoms with Crippen LogP contribution in [0.15, 0.2) is 47.6 Å². The lowest BCUT2D eigenvalue weighted by Gasteiger charge is -2.43. The van der Waals surface area contributed by atoms with Gasteiger partial charge in [-0.3, -0.25) is 19.2 Å². The van der Waals surface area contributed by atoms with E-state index in [4.69, 9.17) is 23.7 Å². The number of ether oxygens (including phenoxy) is 5. The Bertz CT molecular complexity index is 1860. The van der Waals surface area contributed by atoms with Crippen LogP contribution in [-0.4, -0.2) is 155 Å². The summed E-state index contributed by atoms with van der Waals surface area (Å²) in [4.78, 5) is 72.3. The Morgan fingerprint density at radius 1 is 0.857 bits per heavy atom. The van der Waals surface area contributed by atoms with Gasteiger partial charge in [0.1, 0.15) is 30.1 Å². The fraction of sp³-hybridized carbons (Fsp3) is 0.759.